The summed E-state index contributed by atoms with van der Waals surface area (Å²) in [5, 5.41) is 3.30. The SMILES string of the molecule is COc1ccc(S(=O)(=O)NC(C)C)cc1NC(=O)C1CCN(S(=O)(=O)Cc2ccc(Cl)cc2)CC1. The Morgan fingerprint density at radius 2 is 1.71 bits per heavy atom. The van der Waals surface area contributed by atoms with Crippen molar-refractivity contribution in [3.63, 3.8) is 0 Å². The molecule has 192 valence electrons. The van der Waals surface area contributed by atoms with Gasteiger partial charge in [-0.15, -0.1) is 0 Å². The molecule has 0 saturated carbocycles. The molecule has 3 rings (SSSR count). The van der Waals surface area contributed by atoms with Crippen molar-refractivity contribution in [1.29, 1.82) is 0 Å². The molecule has 0 aromatic heterocycles. The summed E-state index contributed by atoms with van der Waals surface area (Å²) in [6, 6.07) is 10.6. The zero-order chi connectivity index (χ0) is 25.8. The number of piperidine rings is 1. The Hall–Kier alpha value is -2.18. The lowest BCUT2D eigenvalue weighted by Gasteiger charge is -2.30. The van der Waals surface area contributed by atoms with Gasteiger partial charge in [-0.2, -0.15) is 0 Å². The molecule has 2 N–H and O–H groups in total. The summed E-state index contributed by atoms with van der Waals surface area (Å²) in [6.07, 6.45) is 0.696. The average molecular weight is 544 g/mol. The van der Waals surface area contributed by atoms with E-state index in [1.807, 2.05) is 0 Å². The molecule has 12 heteroatoms. The Morgan fingerprint density at radius 1 is 1.09 bits per heavy atom. The molecule has 1 aliphatic rings. The number of nitrogens with one attached hydrogen (secondary N) is 2. The number of sulfonamides is 2. The van der Waals surface area contributed by atoms with Crippen LogP contribution in [0.2, 0.25) is 5.02 Å². The maximum absolute atomic E-state index is 12.9. The van der Waals surface area contributed by atoms with Gasteiger partial charge in [0.1, 0.15) is 5.75 Å². The normalized spacial score (nSPS) is 15.8. The van der Waals surface area contributed by atoms with Gasteiger partial charge in [-0.3, -0.25) is 4.79 Å². The van der Waals surface area contributed by atoms with Crippen molar-refractivity contribution in [1.82, 2.24) is 9.03 Å². The summed E-state index contributed by atoms with van der Waals surface area (Å²) >= 11 is 5.87. The van der Waals surface area contributed by atoms with Crippen molar-refractivity contribution in [2.75, 3.05) is 25.5 Å². The van der Waals surface area contributed by atoms with Crippen LogP contribution in [0.5, 0.6) is 5.75 Å². The smallest absolute Gasteiger partial charge is 0.240 e. The van der Waals surface area contributed by atoms with E-state index in [9.17, 15) is 21.6 Å². The highest BCUT2D eigenvalue weighted by molar-refractivity contribution is 7.89. The van der Waals surface area contributed by atoms with Crippen LogP contribution in [0.3, 0.4) is 0 Å². The molecule has 1 amide bonds. The first-order valence-electron chi connectivity index (χ1n) is 11.1. The van der Waals surface area contributed by atoms with Crippen LogP contribution < -0.4 is 14.8 Å². The van der Waals surface area contributed by atoms with Gasteiger partial charge >= 0.3 is 0 Å². The second kappa shape index (κ2) is 11.3. The summed E-state index contributed by atoms with van der Waals surface area (Å²) in [4.78, 5) is 12.9. The predicted molar refractivity (Wildman–Crippen MR) is 135 cm³/mol. The highest BCUT2D eigenvalue weighted by Gasteiger charge is 2.31. The molecule has 1 aliphatic heterocycles. The summed E-state index contributed by atoms with van der Waals surface area (Å²) in [6.45, 7) is 3.87. The largest absolute Gasteiger partial charge is 0.495 e. The molecule has 0 bridgehead atoms. The number of carbonyl (C=O) groups is 1. The monoisotopic (exact) mass is 543 g/mol. The zero-order valence-corrected chi connectivity index (χ0v) is 22.2. The molecule has 9 nitrogen and oxygen atoms in total. The predicted octanol–water partition coefficient (Wildman–Crippen LogP) is 3.22. The molecule has 1 heterocycles. The number of methoxy groups -OCH3 is 1. The number of benzene rings is 2. The quantitative estimate of drug-likeness (QED) is 0.501. The van der Waals surface area contributed by atoms with E-state index in [0.29, 0.717) is 29.2 Å². The Labute approximate surface area is 211 Å². The fraction of sp³-hybridized carbons (Fsp3) is 0.435. The number of ether oxygens (including phenoxy) is 1. The molecule has 2 aromatic rings. The first-order chi connectivity index (χ1) is 16.4. The number of carbonyl (C=O) groups excluding carboxylic acids is 1. The lowest BCUT2D eigenvalue weighted by Crippen LogP contribution is -2.41. The number of anilines is 1. The van der Waals surface area contributed by atoms with Gasteiger partial charge in [0.05, 0.1) is 23.4 Å². The van der Waals surface area contributed by atoms with Gasteiger partial charge in [0.15, 0.2) is 0 Å². The second-order valence-electron chi connectivity index (χ2n) is 8.68. The lowest BCUT2D eigenvalue weighted by atomic mass is 9.97. The lowest BCUT2D eigenvalue weighted by molar-refractivity contribution is -0.120. The van der Waals surface area contributed by atoms with Gasteiger partial charge in [0, 0.05) is 30.1 Å². The van der Waals surface area contributed by atoms with Crippen molar-refractivity contribution in [3.05, 3.63) is 53.1 Å². The highest BCUT2D eigenvalue weighted by atomic mass is 35.5. The molecule has 1 saturated heterocycles. The minimum absolute atomic E-state index is 0.00501. The molecule has 2 aromatic carbocycles. The van der Waals surface area contributed by atoms with E-state index in [0.717, 1.165) is 0 Å². The highest BCUT2D eigenvalue weighted by Crippen LogP contribution is 2.30. The molecule has 35 heavy (non-hydrogen) atoms. The minimum Gasteiger partial charge on any atom is -0.495 e. The Kier molecular flexibility index (Phi) is 8.81. The minimum atomic E-state index is -3.76. The maximum Gasteiger partial charge on any atom is 0.240 e. The second-order valence-corrected chi connectivity index (χ2v) is 12.8. The van der Waals surface area contributed by atoms with Crippen LogP contribution in [0.4, 0.5) is 5.69 Å². The molecule has 1 fully saturated rings. The number of halogens is 1. The van der Waals surface area contributed by atoms with E-state index in [4.69, 9.17) is 16.3 Å². The van der Waals surface area contributed by atoms with E-state index in [1.165, 1.54) is 29.6 Å². The fourth-order valence-corrected chi connectivity index (χ4v) is 6.81. The molecular formula is C23H30ClN3O6S2. The van der Waals surface area contributed by atoms with Crippen LogP contribution in [0.25, 0.3) is 0 Å². The number of amides is 1. The van der Waals surface area contributed by atoms with Crippen molar-refractivity contribution in [2.24, 2.45) is 5.92 Å². The molecule has 0 spiro atoms. The van der Waals surface area contributed by atoms with E-state index >= 15 is 0 Å². The number of rotatable bonds is 9. The van der Waals surface area contributed by atoms with Crippen molar-refractivity contribution >= 4 is 43.2 Å². The summed E-state index contributed by atoms with van der Waals surface area (Å²) < 4.78 is 59.9. The van der Waals surface area contributed by atoms with Gasteiger partial charge in [0.25, 0.3) is 0 Å². The van der Waals surface area contributed by atoms with Crippen molar-refractivity contribution < 1.29 is 26.4 Å². The molecule has 0 aliphatic carbocycles. The van der Waals surface area contributed by atoms with Crippen LogP contribution in [-0.4, -0.2) is 53.3 Å². The topological polar surface area (TPSA) is 122 Å². The van der Waals surface area contributed by atoms with Gasteiger partial charge in [-0.1, -0.05) is 23.7 Å². The van der Waals surface area contributed by atoms with Gasteiger partial charge in [-0.25, -0.2) is 25.9 Å². The van der Waals surface area contributed by atoms with E-state index in [-0.39, 0.29) is 41.4 Å². The van der Waals surface area contributed by atoms with Crippen molar-refractivity contribution in [2.45, 2.75) is 43.4 Å². The third-order valence-corrected chi connectivity index (χ3v) is 9.37. The fourth-order valence-electron chi connectivity index (χ4n) is 3.84. The molecule has 0 atom stereocenters. The van der Waals surface area contributed by atoms with Crippen LogP contribution in [0.15, 0.2) is 47.4 Å². The van der Waals surface area contributed by atoms with Crippen LogP contribution in [0.1, 0.15) is 32.3 Å². The zero-order valence-electron chi connectivity index (χ0n) is 19.8. The van der Waals surface area contributed by atoms with E-state index in [1.54, 1.807) is 38.1 Å². The molecule has 0 unspecified atom stereocenters. The average Bonchev–Trinajstić information content (AvgIpc) is 2.79. The molecule has 0 radical (unpaired) electrons. The van der Waals surface area contributed by atoms with E-state index in [2.05, 4.69) is 10.0 Å². The number of hydrogen-bond acceptors (Lipinski definition) is 6. The van der Waals surface area contributed by atoms with Gasteiger partial charge in [0.2, 0.25) is 26.0 Å². The first kappa shape index (κ1) is 27.4. The maximum atomic E-state index is 12.9. The van der Waals surface area contributed by atoms with E-state index < -0.39 is 26.0 Å². The Bertz CT molecular complexity index is 1260. The Morgan fingerprint density at radius 3 is 2.29 bits per heavy atom. The van der Waals surface area contributed by atoms with Crippen LogP contribution in [0, 0.1) is 5.92 Å². The molecular weight excluding hydrogens is 514 g/mol. The number of nitrogens with zero attached hydrogens (tertiary/aromatic N) is 1. The van der Waals surface area contributed by atoms with Crippen molar-refractivity contribution in [3.8, 4) is 5.75 Å². The van der Waals surface area contributed by atoms with Gasteiger partial charge in [-0.05, 0) is 62.6 Å². The third-order valence-electron chi connectivity index (χ3n) is 5.61. The number of hydrogen-bond donors (Lipinski definition) is 2. The Balaban J connectivity index is 1.65. The van der Waals surface area contributed by atoms with Crippen LogP contribution in [-0.2, 0) is 30.6 Å². The summed E-state index contributed by atoms with van der Waals surface area (Å²) in [7, 11) is -5.87. The summed E-state index contributed by atoms with van der Waals surface area (Å²) in [5.74, 6) is -0.547. The standard InChI is InChI=1S/C23H30ClN3O6S2/c1-16(2)26-35(31,32)20-8-9-22(33-3)21(14-20)25-23(28)18-10-12-27(13-11-18)34(29,30)15-17-4-6-19(24)7-5-17/h4-9,14,16,18,26H,10-13,15H2,1-3H3,(H,25,28). The summed E-state index contributed by atoms with van der Waals surface area (Å²) in [5.41, 5.74) is 0.880. The first-order valence-corrected chi connectivity index (χ1v) is 14.6. The van der Waals surface area contributed by atoms with Crippen LogP contribution >= 0.6 is 11.6 Å². The van der Waals surface area contributed by atoms with Gasteiger partial charge < -0.3 is 10.1 Å². The third kappa shape index (κ3) is 7.17.